The van der Waals surface area contributed by atoms with Crippen molar-refractivity contribution in [2.24, 2.45) is 0 Å². The van der Waals surface area contributed by atoms with E-state index in [-0.39, 0.29) is 24.7 Å². The highest BCUT2D eigenvalue weighted by molar-refractivity contribution is 5.95. The number of aryl methyl sites for hydroxylation is 1. The fraction of sp³-hybridized carbons (Fsp3) is 0.250. The molecule has 2 heterocycles. The number of imidazole rings is 1. The Bertz CT molecular complexity index is 929. The third-order valence-electron chi connectivity index (χ3n) is 3.97. The van der Waals surface area contributed by atoms with E-state index in [4.69, 9.17) is 4.74 Å². The van der Waals surface area contributed by atoms with Crippen LogP contribution in [0.25, 0.3) is 16.9 Å². The van der Waals surface area contributed by atoms with Crippen LogP contribution in [-0.4, -0.2) is 27.9 Å². The maximum atomic E-state index is 12.3. The largest absolute Gasteiger partial charge is 0.466 e. The maximum Gasteiger partial charge on any atom is 0.306 e. The second-order valence-electron chi connectivity index (χ2n) is 5.96. The first-order valence-corrected chi connectivity index (χ1v) is 8.58. The number of aromatic nitrogens is 2. The van der Waals surface area contributed by atoms with Gasteiger partial charge in [-0.15, -0.1) is 0 Å². The number of ether oxygens (including phenoxy) is 1. The molecule has 0 spiro atoms. The van der Waals surface area contributed by atoms with Crippen molar-refractivity contribution in [2.75, 3.05) is 11.9 Å². The number of esters is 1. The molecule has 1 amide bonds. The number of amides is 1. The Balaban J connectivity index is 1.88. The van der Waals surface area contributed by atoms with Crippen LogP contribution in [0.1, 0.15) is 25.3 Å². The fourth-order valence-corrected chi connectivity index (χ4v) is 2.67. The first-order valence-electron chi connectivity index (χ1n) is 8.58. The molecule has 134 valence electrons. The van der Waals surface area contributed by atoms with E-state index >= 15 is 0 Å². The van der Waals surface area contributed by atoms with Gasteiger partial charge in [-0.3, -0.25) is 14.0 Å². The Labute approximate surface area is 151 Å². The summed E-state index contributed by atoms with van der Waals surface area (Å²) in [5.74, 6) is -0.0325. The Morgan fingerprint density at radius 1 is 1.12 bits per heavy atom. The smallest absolute Gasteiger partial charge is 0.306 e. The van der Waals surface area contributed by atoms with Crippen LogP contribution in [0.15, 0.2) is 48.7 Å². The van der Waals surface area contributed by atoms with Crippen LogP contribution in [0.3, 0.4) is 0 Å². The van der Waals surface area contributed by atoms with Gasteiger partial charge in [-0.2, -0.15) is 0 Å². The summed E-state index contributed by atoms with van der Waals surface area (Å²) >= 11 is 0. The molecule has 3 aromatic rings. The van der Waals surface area contributed by atoms with Gasteiger partial charge in [-0.25, -0.2) is 4.98 Å². The molecule has 2 aromatic heterocycles. The number of pyridine rings is 1. The molecule has 26 heavy (non-hydrogen) atoms. The van der Waals surface area contributed by atoms with Gasteiger partial charge < -0.3 is 10.1 Å². The van der Waals surface area contributed by atoms with Gasteiger partial charge >= 0.3 is 5.97 Å². The Morgan fingerprint density at radius 3 is 2.62 bits per heavy atom. The monoisotopic (exact) mass is 351 g/mol. The number of anilines is 1. The second-order valence-corrected chi connectivity index (χ2v) is 5.96. The van der Waals surface area contributed by atoms with E-state index in [0.717, 1.165) is 16.8 Å². The van der Waals surface area contributed by atoms with E-state index in [0.29, 0.717) is 18.1 Å². The second kappa shape index (κ2) is 7.82. The van der Waals surface area contributed by atoms with Crippen molar-refractivity contribution in [1.29, 1.82) is 0 Å². The fourth-order valence-electron chi connectivity index (χ4n) is 2.67. The molecule has 6 heteroatoms. The number of nitrogens with zero attached hydrogens (tertiary/aromatic N) is 2. The molecule has 1 aromatic carbocycles. The standard InChI is InChI=1S/C20H21N3O3/c1-3-26-18(25)12-11-17(24)22-20-19(15-9-7-14(2)8-10-15)21-16-6-4-5-13-23(16)20/h4-10,13H,3,11-12H2,1-2H3,(H,22,24). The minimum absolute atomic E-state index is 0.0519. The van der Waals surface area contributed by atoms with Gasteiger partial charge in [0.2, 0.25) is 5.91 Å². The quantitative estimate of drug-likeness (QED) is 0.689. The highest BCUT2D eigenvalue weighted by Gasteiger charge is 2.17. The Hall–Kier alpha value is -3.15. The zero-order chi connectivity index (χ0) is 18.5. The van der Waals surface area contributed by atoms with Crippen molar-refractivity contribution < 1.29 is 14.3 Å². The molecule has 0 fully saturated rings. The lowest BCUT2D eigenvalue weighted by molar-refractivity contribution is -0.144. The summed E-state index contributed by atoms with van der Waals surface area (Å²) in [6, 6.07) is 13.6. The average Bonchev–Trinajstić information content (AvgIpc) is 2.99. The molecule has 0 bridgehead atoms. The zero-order valence-electron chi connectivity index (χ0n) is 14.9. The number of rotatable bonds is 6. The minimum atomic E-state index is -0.375. The topological polar surface area (TPSA) is 72.7 Å². The van der Waals surface area contributed by atoms with Crippen LogP contribution in [0.2, 0.25) is 0 Å². The first-order chi connectivity index (χ1) is 12.6. The lowest BCUT2D eigenvalue weighted by Crippen LogP contribution is -2.16. The number of carbonyl (C=O) groups is 2. The van der Waals surface area contributed by atoms with Crippen LogP contribution < -0.4 is 5.32 Å². The summed E-state index contributed by atoms with van der Waals surface area (Å²) in [5.41, 5.74) is 3.50. The molecule has 0 radical (unpaired) electrons. The molecule has 3 rings (SSSR count). The molecular formula is C20H21N3O3. The third-order valence-corrected chi connectivity index (χ3v) is 3.97. The summed E-state index contributed by atoms with van der Waals surface area (Å²) in [6.45, 7) is 4.07. The lowest BCUT2D eigenvalue weighted by Gasteiger charge is -2.08. The molecule has 0 atom stereocenters. The molecule has 0 aliphatic heterocycles. The molecule has 1 N–H and O–H groups in total. The summed E-state index contributed by atoms with van der Waals surface area (Å²) in [6.07, 6.45) is 1.96. The summed E-state index contributed by atoms with van der Waals surface area (Å²) in [4.78, 5) is 28.5. The van der Waals surface area contributed by atoms with Gasteiger partial charge in [-0.1, -0.05) is 35.9 Å². The predicted octanol–water partition coefficient (Wildman–Crippen LogP) is 3.59. The summed E-state index contributed by atoms with van der Waals surface area (Å²) in [5, 5.41) is 2.90. The van der Waals surface area contributed by atoms with Crippen LogP contribution in [0.4, 0.5) is 5.82 Å². The zero-order valence-corrected chi connectivity index (χ0v) is 14.9. The van der Waals surface area contributed by atoms with E-state index in [9.17, 15) is 9.59 Å². The van der Waals surface area contributed by atoms with Gasteiger partial charge in [0.25, 0.3) is 0 Å². The van der Waals surface area contributed by atoms with Gasteiger partial charge in [-0.05, 0) is 26.0 Å². The lowest BCUT2D eigenvalue weighted by atomic mass is 10.1. The average molecular weight is 351 g/mol. The van der Waals surface area contributed by atoms with Crippen LogP contribution in [-0.2, 0) is 14.3 Å². The van der Waals surface area contributed by atoms with Gasteiger partial charge in [0.1, 0.15) is 17.2 Å². The number of carbonyl (C=O) groups excluding carboxylic acids is 2. The summed E-state index contributed by atoms with van der Waals surface area (Å²) in [7, 11) is 0. The number of fused-ring (bicyclic) bond motifs is 1. The number of benzene rings is 1. The van der Waals surface area contributed by atoms with Gasteiger partial charge in [0.15, 0.2) is 0 Å². The molecular weight excluding hydrogens is 330 g/mol. The summed E-state index contributed by atoms with van der Waals surface area (Å²) < 4.78 is 6.70. The highest BCUT2D eigenvalue weighted by Crippen LogP contribution is 2.29. The molecule has 0 saturated heterocycles. The van der Waals surface area contributed by atoms with Crippen molar-refractivity contribution in [1.82, 2.24) is 9.38 Å². The minimum Gasteiger partial charge on any atom is -0.466 e. The molecule has 6 nitrogen and oxygen atoms in total. The number of hydrogen-bond acceptors (Lipinski definition) is 4. The number of nitrogens with one attached hydrogen (secondary N) is 1. The van der Waals surface area contributed by atoms with Crippen molar-refractivity contribution in [3.05, 3.63) is 54.2 Å². The van der Waals surface area contributed by atoms with Crippen LogP contribution in [0, 0.1) is 6.92 Å². The molecule has 0 aliphatic carbocycles. The van der Waals surface area contributed by atoms with Gasteiger partial charge in [0, 0.05) is 18.2 Å². The van der Waals surface area contributed by atoms with Crippen molar-refractivity contribution >= 4 is 23.3 Å². The molecule has 0 aliphatic rings. The van der Waals surface area contributed by atoms with E-state index in [1.54, 1.807) is 6.92 Å². The van der Waals surface area contributed by atoms with Crippen LogP contribution >= 0.6 is 0 Å². The third kappa shape index (κ3) is 3.91. The Kier molecular flexibility index (Phi) is 5.31. The van der Waals surface area contributed by atoms with Crippen molar-refractivity contribution in [2.45, 2.75) is 26.7 Å². The highest BCUT2D eigenvalue weighted by atomic mass is 16.5. The molecule has 0 saturated carbocycles. The van der Waals surface area contributed by atoms with E-state index < -0.39 is 0 Å². The van der Waals surface area contributed by atoms with Gasteiger partial charge in [0.05, 0.1) is 13.0 Å². The van der Waals surface area contributed by atoms with Crippen molar-refractivity contribution in [3.8, 4) is 11.3 Å². The first kappa shape index (κ1) is 17.7. The van der Waals surface area contributed by atoms with E-state index in [2.05, 4.69) is 10.3 Å². The number of hydrogen-bond donors (Lipinski definition) is 1. The van der Waals surface area contributed by atoms with Crippen LogP contribution in [0.5, 0.6) is 0 Å². The van der Waals surface area contributed by atoms with Crippen molar-refractivity contribution in [3.63, 3.8) is 0 Å². The normalized spacial score (nSPS) is 10.7. The Morgan fingerprint density at radius 2 is 1.88 bits per heavy atom. The predicted molar refractivity (Wildman–Crippen MR) is 99.9 cm³/mol. The van der Waals surface area contributed by atoms with E-state index in [1.165, 1.54) is 0 Å². The van der Waals surface area contributed by atoms with E-state index in [1.807, 2.05) is 60.0 Å². The molecule has 0 unspecified atom stereocenters. The SMILES string of the molecule is CCOC(=O)CCC(=O)Nc1c(-c2ccc(C)cc2)nc2ccccn12. The maximum absolute atomic E-state index is 12.3.